The van der Waals surface area contributed by atoms with Crippen molar-refractivity contribution in [3.63, 3.8) is 0 Å². The molecule has 0 N–H and O–H groups in total. The first-order valence-corrected chi connectivity index (χ1v) is 25.3. The zero-order valence-electron chi connectivity index (χ0n) is 23.9. The number of hydrogen-bond acceptors (Lipinski definition) is 2. The van der Waals surface area contributed by atoms with Crippen LogP contribution in [0.25, 0.3) is 32.8 Å². The molecule has 5 aromatic rings. The van der Waals surface area contributed by atoms with E-state index in [9.17, 15) is 0 Å². The predicted molar refractivity (Wildman–Crippen MR) is 180 cm³/mol. The van der Waals surface area contributed by atoms with Gasteiger partial charge in [-0.2, -0.15) is 5.69 Å². The molecule has 0 unspecified atom stereocenters. The van der Waals surface area contributed by atoms with E-state index < -0.39 is 0 Å². The number of aromatic nitrogens is 2. The standard InChI is InChI=1S/C34H36N4.2BrH.Zr/c1-34(2,3)33-19-17-27(38-33)24-36-21-11-5-4-10-20-35-23-26-16-18-32(37-26)31-22-25-12-6-7-13-28(25)29-14-8-9-15-30(29)31;;;/h6-9,12-19,22-24H,4-5,10-11,20-21H2,1-3H3;2*1H;/q-2;;;+4/p-2. The summed E-state index contributed by atoms with van der Waals surface area (Å²) in [6, 6.07) is 27.7. The van der Waals surface area contributed by atoms with E-state index in [-0.39, 0.29) is 24.0 Å². The Hall–Kier alpha value is -2.08. The average Bonchev–Trinajstić information content (AvgIpc) is 3.64. The van der Waals surface area contributed by atoms with Gasteiger partial charge in [-0.1, -0.05) is 106 Å². The number of nitrogens with zero attached hydrogens (tertiary/aromatic N) is 4. The Morgan fingerprint density at radius 2 is 1.24 bits per heavy atom. The maximum atomic E-state index is 4.87. The third kappa shape index (κ3) is 9.20. The number of unbranched alkanes of at least 4 members (excludes halogenated alkanes) is 3. The summed E-state index contributed by atoms with van der Waals surface area (Å²) < 4.78 is 0. The van der Waals surface area contributed by atoms with Gasteiger partial charge in [0.2, 0.25) is 0 Å². The molecule has 0 saturated carbocycles. The van der Waals surface area contributed by atoms with Crippen molar-refractivity contribution in [1.82, 2.24) is 9.97 Å². The van der Waals surface area contributed by atoms with Crippen LogP contribution in [0.3, 0.4) is 0 Å². The van der Waals surface area contributed by atoms with Crippen LogP contribution in [0.2, 0.25) is 0 Å². The first-order valence-electron chi connectivity index (χ1n) is 14.1. The van der Waals surface area contributed by atoms with Crippen LogP contribution in [0.15, 0.2) is 88.8 Å². The van der Waals surface area contributed by atoms with Crippen LogP contribution in [-0.2, 0) is 24.0 Å². The van der Waals surface area contributed by atoms with Gasteiger partial charge in [-0.3, -0.25) is 9.98 Å². The van der Waals surface area contributed by atoms with E-state index in [4.69, 9.17) is 4.98 Å². The summed E-state index contributed by atoms with van der Waals surface area (Å²) in [6.07, 6.45) is 8.33. The molecule has 0 aliphatic rings. The number of hydrogen-bond donors (Lipinski definition) is 0. The molecule has 0 radical (unpaired) electrons. The SMILES string of the molecule is CC(C)(C)c1ccc(C=NCCCCCCN=Cc2ccc(-c3cc4ccccc4c4ccccc34)[n-]2)[n-]1.[Br][Zr+2][Br]. The summed E-state index contributed by atoms with van der Waals surface area (Å²) in [6.45, 7) is 8.23. The summed E-state index contributed by atoms with van der Waals surface area (Å²) >= 11 is 6.32. The molecule has 0 amide bonds. The van der Waals surface area contributed by atoms with Crippen molar-refractivity contribution in [2.45, 2.75) is 51.9 Å². The van der Waals surface area contributed by atoms with Crippen molar-refractivity contribution in [2.75, 3.05) is 13.1 Å². The van der Waals surface area contributed by atoms with Crippen molar-refractivity contribution in [3.8, 4) is 11.3 Å². The molecule has 0 fully saturated rings. The second-order valence-electron chi connectivity index (χ2n) is 11.0. The van der Waals surface area contributed by atoms with E-state index in [1.54, 1.807) is 0 Å². The molecule has 2 aromatic heterocycles. The van der Waals surface area contributed by atoms with Crippen molar-refractivity contribution in [1.29, 1.82) is 0 Å². The number of halogens is 2. The van der Waals surface area contributed by atoms with Crippen LogP contribution in [-0.4, -0.2) is 25.5 Å². The van der Waals surface area contributed by atoms with Gasteiger partial charge in [-0.25, -0.2) is 0 Å². The molecule has 0 saturated heterocycles. The van der Waals surface area contributed by atoms with Crippen LogP contribution in [0.4, 0.5) is 0 Å². The van der Waals surface area contributed by atoms with Gasteiger partial charge < -0.3 is 9.97 Å². The van der Waals surface area contributed by atoms with Crippen molar-refractivity contribution >= 4 is 58.4 Å². The molecule has 0 aliphatic carbocycles. The predicted octanol–water partition coefficient (Wildman–Crippen LogP) is 9.66. The molecule has 4 nitrogen and oxygen atoms in total. The van der Waals surface area contributed by atoms with Gasteiger partial charge in [-0.05, 0) is 51.4 Å². The zero-order chi connectivity index (χ0) is 29.1. The van der Waals surface area contributed by atoms with E-state index in [0.29, 0.717) is 0 Å². The summed E-state index contributed by atoms with van der Waals surface area (Å²) in [5.41, 5.74) is 5.26. The molecule has 210 valence electrons. The third-order valence-corrected chi connectivity index (χ3v) is 6.91. The molecule has 5 rings (SSSR count). The minimum atomic E-state index is -0.145. The fraction of sp³-hybridized carbons (Fsp3) is 0.294. The molecule has 0 atom stereocenters. The summed E-state index contributed by atoms with van der Waals surface area (Å²) in [7, 11) is 0. The molecule has 2 heterocycles. The van der Waals surface area contributed by atoms with Crippen molar-refractivity contribution in [2.24, 2.45) is 9.98 Å². The molecule has 7 heteroatoms. The Balaban J connectivity index is 0.00000124. The Kier molecular flexibility index (Phi) is 12.4. The maximum absolute atomic E-state index is 4.87. The summed E-state index contributed by atoms with van der Waals surface area (Å²) in [5, 5.41) is 5.02. The van der Waals surface area contributed by atoms with Crippen LogP contribution in [0.5, 0.6) is 0 Å². The molecular weight excluding hydrogens is 715 g/mol. The number of benzene rings is 3. The molecule has 0 aliphatic heterocycles. The van der Waals surface area contributed by atoms with Crippen LogP contribution >= 0.6 is 24.4 Å². The third-order valence-electron chi connectivity index (χ3n) is 6.91. The van der Waals surface area contributed by atoms with E-state index in [0.717, 1.165) is 48.7 Å². The van der Waals surface area contributed by atoms with Crippen LogP contribution in [0.1, 0.15) is 63.5 Å². The monoisotopic (exact) mass is 748 g/mol. The normalized spacial score (nSPS) is 11.8. The zero-order valence-corrected chi connectivity index (χ0v) is 29.6. The van der Waals surface area contributed by atoms with Crippen molar-refractivity contribution in [3.05, 3.63) is 95.9 Å². The number of fused-ring (bicyclic) bond motifs is 3. The Morgan fingerprint density at radius 1 is 0.683 bits per heavy atom. The van der Waals surface area contributed by atoms with Crippen LogP contribution in [0, 0.1) is 0 Å². The fourth-order valence-corrected chi connectivity index (χ4v) is 4.81. The van der Waals surface area contributed by atoms with Crippen molar-refractivity contribution < 1.29 is 18.5 Å². The van der Waals surface area contributed by atoms with Crippen LogP contribution < -0.4 is 9.97 Å². The van der Waals surface area contributed by atoms with Gasteiger partial charge in [0, 0.05) is 25.5 Å². The van der Waals surface area contributed by atoms with Gasteiger partial charge in [0.05, 0.1) is 0 Å². The Labute approximate surface area is 267 Å². The molecule has 0 bridgehead atoms. The van der Waals surface area contributed by atoms with Gasteiger partial charge in [0.25, 0.3) is 0 Å². The van der Waals surface area contributed by atoms with E-state index >= 15 is 0 Å². The Morgan fingerprint density at radius 3 is 1.88 bits per heavy atom. The summed E-state index contributed by atoms with van der Waals surface area (Å²) in [4.78, 5) is 18.7. The quantitative estimate of drug-likeness (QED) is 0.0811. The van der Waals surface area contributed by atoms with E-state index in [2.05, 4.69) is 139 Å². The van der Waals surface area contributed by atoms with Gasteiger partial charge in [-0.15, -0.1) is 17.1 Å². The first kappa shape index (κ1) is 31.8. The molecule has 41 heavy (non-hydrogen) atoms. The first-order chi connectivity index (χ1) is 19.9. The Bertz CT molecular complexity index is 1590. The van der Waals surface area contributed by atoms with Gasteiger partial charge in [0.15, 0.2) is 0 Å². The minimum absolute atomic E-state index is 0.0852. The molecule has 3 aromatic carbocycles. The van der Waals surface area contributed by atoms with Gasteiger partial charge >= 0.3 is 43.0 Å². The second-order valence-corrected chi connectivity index (χ2v) is 22.3. The summed E-state index contributed by atoms with van der Waals surface area (Å²) in [5.74, 6) is 0. The molecule has 0 spiro atoms. The average molecular weight is 752 g/mol. The fourth-order valence-electron chi connectivity index (χ4n) is 4.81. The molecular formula is C34H36Br2N4Zr. The number of rotatable bonds is 10. The van der Waals surface area contributed by atoms with E-state index in [1.807, 2.05) is 12.4 Å². The topological polar surface area (TPSA) is 52.9 Å². The van der Waals surface area contributed by atoms with E-state index in [1.165, 1.54) is 39.9 Å². The second kappa shape index (κ2) is 16.0. The number of aliphatic imine (C=N–C) groups is 2. The van der Waals surface area contributed by atoms with Gasteiger partial charge in [0.1, 0.15) is 0 Å².